The normalized spacial score (nSPS) is 34.1. The van der Waals surface area contributed by atoms with Gasteiger partial charge in [-0.3, -0.25) is 0 Å². The van der Waals surface area contributed by atoms with Gasteiger partial charge in [0, 0.05) is 17.1 Å². The Morgan fingerprint density at radius 3 is 2.27 bits per heavy atom. The van der Waals surface area contributed by atoms with E-state index < -0.39 is 39.0 Å². The van der Waals surface area contributed by atoms with Crippen molar-refractivity contribution in [2.24, 2.45) is 0 Å². The van der Waals surface area contributed by atoms with Crippen molar-refractivity contribution in [1.29, 1.82) is 0 Å². The highest BCUT2D eigenvalue weighted by Crippen LogP contribution is 2.46. The number of hydrogen-bond acceptors (Lipinski definition) is 2. The van der Waals surface area contributed by atoms with Crippen LogP contribution in [0, 0.1) is 0 Å². The summed E-state index contributed by atoms with van der Waals surface area (Å²) < 4.78 is 71.9. The van der Waals surface area contributed by atoms with Gasteiger partial charge in [0.25, 0.3) is 0 Å². The van der Waals surface area contributed by atoms with Gasteiger partial charge in [0.05, 0.1) is 5.25 Å². The first kappa shape index (κ1) is 13.0. The summed E-state index contributed by atoms with van der Waals surface area (Å²) >= 11 is 0. The SMILES string of the molecule is O=S(=O)(Cl)C1CCCC(F)(C(F)(F)F)C1. The van der Waals surface area contributed by atoms with Crippen molar-refractivity contribution < 1.29 is 26.0 Å². The van der Waals surface area contributed by atoms with E-state index in [9.17, 15) is 26.0 Å². The van der Waals surface area contributed by atoms with Gasteiger partial charge in [0.1, 0.15) is 0 Å². The minimum atomic E-state index is -5.03. The van der Waals surface area contributed by atoms with Gasteiger partial charge in [0.2, 0.25) is 14.7 Å². The lowest BCUT2D eigenvalue weighted by Gasteiger charge is -2.34. The zero-order valence-corrected chi connectivity index (χ0v) is 9.09. The molecule has 2 unspecified atom stereocenters. The minimum Gasteiger partial charge on any atom is -0.234 e. The zero-order chi connectivity index (χ0) is 11.9. The molecule has 1 rings (SSSR count). The predicted molar refractivity (Wildman–Crippen MR) is 46.9 cm³/mol. The molecular weight excluding hydrogens is 260 g/mol. The third-order valence-electron chi connectivity index (χ3n) is 2.56. The molecule has 15 heavy (non-hydrogen) atoms. The van der Waals surface area contributed by atoms with Crippen molar-refractivity contribution in [3.63, 3.8) is 0 Å². The highest BCUT2D eigenvalue weighted by atomic mass is 35.7. The lowest BCUT2D eigenvalue weighted by atomic mass is 9.85. The molecule has 0 N–H and O–H groups in total. The van der Waals surface area contributed by atoms with Gasteiger partial charge in [-0.25, -0.2) is 12.8 Å². The molecule has 0 radical (unpaired) electrons. The molecule has 0 aliphatic heterocycles. The summed E-state index contributed by atoms with van der Waals surface area (Å²) in [5.41, 5.74) is -3.42. The molecule has 0 aromatic heterocycles. The highest BCUT2D eigenvalue weighted by Gasteiger charge is 2.58. The Labute approximate surface area is 89.0 Å². The van der Waals surface area contributed by atoms with Gasteiger partial charge < -0.3 is 0 Å². The molecule has 0 spiro atoms. The highest BCUT2D eigenvalue weighted by molar-refractivity contribution is 8.14. The fourth-order valence-electron chi connectivity index (χ4n) is 1.67. The molecule has 0 amide bonds. The van der Waals surface area contributed by atoms with Crippen LogP contribution in [0.25, 0.3) is 0 Å². The molecule has 0 saturated heterocycles. The smallest absolute Gasteiger partial charge is 0.234 e. The first-order valence-corrected chi connectivity index (χ1v) is 6.63. The standard InChI is InChI=1S/C7H9ClF4O2S/c8-15(13,14)5-2-1-3-6(9,4-5)7(10,11)12/h5H,1-4H2. The molecule has 0 bridgehead atoms. The Morgan fingerprint density at radius 2 is 1.87 bits per heavy atom. The monoisotopic (exact) mass is 268 g/mol. The van der Waals surface area contributed by atoms with Crippen LogP contribution in [0.2, 0.25) is 0 Å². The molecular formula is C7H9ClF4O2S. The molecule has 1 saturated carbocycles. The van der Waals surface area contributed by atoms with Crippen molar-refractivity contribution in [3.8, 4) is 0 Å². The van der Waals surface area contributed by atoms with E-state index in [1.165, 1.54) is 0 Å². The number of alkyl halides is 4. The van der Waals surface area contributed by atoms with Gasteiger partial charge in [0.15, 0.2) is 0 Å². The third-order valence-corrected chi connectivity index (χ3v) is 4.51. The number of rotatable bonds is 1. The second-order valence-electron chi connectivity index (χ2n) is 3.66. The Bertz CT molecular complexity index is 339. The Morgan fingerprint density at radius 1 is 1.33 bits per heavy atom. The van der Waals surface area contributed by atoms with E-state index in [1.807, 2.05) is 0 Å². The van der Waals surface area contributed by atoms with Crippen LogP contribution in [0.4, 0.5) is 17.6 Å². The maximum absolute atomic E-state index is 13.4. The topological polar surface area (TPSA) is 34.1 Å². The summed E-state index contributed by atoms with van der Waals surface area (Å²) in [7, 11) is 0.803. The molecule has 0 aromatic carbocycles. The average molecular weight is 269 g/mol. The molecule has 90 valence electrons. The Kier molecular flexibility index (Phi) is 3.27. The molecule has 2 nitrogen and oxygen atoms in total. The van der Waals surface area contributed by atoms with Gasteiger partial charge >= 0.3 is 6.18 Å². The van der Waals surface area contributed by atoms with Gasteiger partial charge in [-0.2, -0.15) is 13.2 Å². The molecule has 1 aliphatic carbocycles. The van der Waals surface area contributed by atoms with Gasteiger partial charge in [-0.1, -0.05) is 0 Å². The van der Waals surface area contributed by atoms with E-state index in [1.54, 1.807) is 0 Å². The summed E-state index contributed by atoms with van der Waals surface area (Å²) in [5.74, 6) is 0. The van der Waals surface area contributed by atoms with Gasteiger partial charge in [-0.15, -0.1) is 0 Å². The zero-order valence-electron chi connectivity index (χ0n) is 7.52. The average Bonchev–Trinajstić information content (AvgIpc) is 2.00. The molecule has 0 aromatic rings. The van der Waals surface area contributed by atoms with Crippen molar-refractivity contribution in [3.05, 3.63) is 0 Å². The van der Waals surface area contributed by atoms with Crippen LogP contribution in [0.3, 0.4) is 0 Å². The summed E-state index contributed by atoms with van der Waals surface area (Å²) in [6.45, 7) is 0. The van der Waals surface area contributed by atoms with E-state index in [-0.39, 0.29) is 12.8 Å². The minimum absolute atomic E-state index is 0.0203. The van der Waals surface area contributed by atoms with Crippen LogP contribution in [-0.4, -0.2) is 25.5 Å². The van der Waals surface area contributed by atoms with E-state index in [4.69, 9.17) is 10.7 Å². The van der Waals surface area contributed by atoms with Crippen LogP contribution < -0.4 is 0 Å². The lowest BCUT2D eigenvalue weighted by Crippen LogP contribution is -2.47. The third kappa shape index (κ3) is 2.75. The molecule has 1 fully saturated rings. The molecule has 8 heteroatoms. The van der Waals surface area contributed by atoms with Crippen LogP contribution in [0.1, 0.15) is 25.7 Å². The van der Waals surface area contributed by atoms with Crippen LogP contribution >= 0.6 is 10.7 Å². The van der Waals surface area contributed by atoms with E-state index in [2.05, 4.69) is 0 Å². The maximum Gasteiger partial charge on any atom is 0.422 e. The summed E-state index contributed by atoms with van der Waals surface area (Å²) in [6.07, 6.45) is -6.98. The van der Waals surface area contributed by atoms with E-state index in [0.717, 1.165) is 0 Å². The lowest BCUT2D eigenvalue weighted by molar-refractivity contribution is -0.239. The van der Waals surface area contributed by atoms with Crippen molar-refractivity contribution >= 4 is 19.7 Å². The molecule has 1 aliphatic rings. The van der Waals surface area contributed by atoms with Gasteiger partial charge in [-0.05, 0) is 19.3 Å². The largest absolute Gasteiger partial charge is 0.422 e. The van der Waals surface area contributed by atoms with Crippen LogP contribution in [0.5, 0.6) is 0 Å². The second-order valence-corrected chi connectivity index (χ2v) is 6.57. The Hall–Kier alpha value is -0.0400. The quantitative estimate of drug-likeness (QED) is 0.541. The first-order valence-electron chi connectivity index (χ1n) is 4.25. The Balaban J connectivity index is 2.90. The van der Waals surface area contributed by atoms with Crippen molar-refractivity contribution in [1.82, 2.24) is 0 Å². The molecule has 0 heterocycles. The maximum atomic E-state index is 13.4. The van der Waals surface area contributed by atoms with Crippen molar-refractivity contribution in [2.45, 2.75) is 42.8 Å². The van der Waals surface area contributed by atoms with Crippen LogP contribution in [-0.2, 0) is 9.05 Å². The summed E-state index contributed by atoms with van der Waals surface area (Å²) in [6, 6.07) is 0. The number of hydrogen-bond donors (Lipinski definition) is 0. The summed E-state index contributed by atoms with van der Waals surface area (Å²) in [5, 5.41) is -1.44. The molecule has 2 atom stereocenters. The fraction of sp³-hybridized carbons (Fsp3) is 1.00. The second kappa shape index (κ2) is 3.76. The van der Waals surface area contributed by atoms with Crippen molar-refractivity contribution in [2.75, 3.05) is 0 Å². The fourth-order valence-corrected chi connectivity index (χ4v) is 3.04. The summed E-state index contributed by atoms with van der Waals surface area (Å²) in [4.78, 5) is 0. The first-order chi connectivity index (χ1) is 6.56. The van der Waals surface area contributed by atoms with Crippen LogP contribution in [0.15, 0.2) is 0 Å². The predicted octanol–water partition coefficient (Wildman–Crippen LogP) is 2.77. The van der Waals surface area contributed by atoms with E-state index in [0.29, 0.717) is 0 Å². The number of halogens is 5. The van der Waals surface area contributed by atoms with E-state index >= 15 is 0 Å².